The van der Waals surface area contributed by atoms with Gasteiger partial charge >= 0.3 is 0 Å². The van der Waals surface area contributed by atoms with Crippen molar-refractivity contribution in [1.82, 2.24) is 0 Å². The van der Waals surface area contributed by atoms with Crippen molar-refractivity contribution in [3.63, 3.8) is 0 Å². The zero-order valence-corrected chi connectivity index (χ0v) is 15.3. The van der Waals surface area contributed by atoms with E-state index >= 15 is 0 Å². The maximum Gasteiger partial charge on any atom is 0.248 e. The molecule has 3 aromatic rings. The van der Waals surface area contributed by atoms with Gasteiger partial charge in [-0.1, -0.05) is 47.5 Å². The van der Waals surface area contributed by atoms with E-state index in [-0.39, 0.29) is 5.91 Å². The molecule has 0 unspecified atom stereocenters. The third-order valence-electron chi connectivity index (χ3n) is 3.62. The molecule has 0 aliphatic heterocycles. The van der Waals surface area contributed by atoms with Gasteiger partial charge < -0.3 is 10.6 Å². The third-order valence-corrected chi connectivity index (χ3v) is 4.28. The van der Waals surface area contributed by atoms with Crippen molar-refractivity contribution in [2.75, 3.05) is 10.6 Å². The summed E-state index contributed by atoms with van der Waals surface area (Å²) in [6.45, 7) is 0. The average Bonchev–Trinajstić information content (AvgIpc) is 2.64. The van der Waals surface area contributed by atoms with Crippen LogP contribution >= 0.6 is 23.2 Å². The number of nitrogens with one attached hydrogen (secondary N) is 2. The predicted octanol–water partition coefficient (Wildman–Crippen LogP) is 6.39. The number of hydrogen-bond donors (Lipinski definition) is 2. The normalized spacial score (nSPS) is 10.7. The topological polar surface area (TPSA) is 41.1 Å². The number of carbonyl (C=O) groups is 1. The van der Waals surface area contributed by atoms with Crippen LogP contribution in [0.2, 0.25) is 10.0 Å². The van der Waals surface area contributed by atoms with E-state index in [9.17, 15) is 4.79 Å². The Morgan fingerprint density at radius 1 is 0.731 bits per heavy atom. The van der Waals surface area contributed by atoms with Crippen LogP contribution in [-0.2, 0) is 4.79 Å². The molecule has 0 aliphatic carbocycles. The van der Waals surface area contributed by atoms with Gasteiger partial charge in [-0.2, -0.15) is 0 Å². The summed E-state index contributed by atoms with van der Waals surface area (Å²) in [5.41, 5.74) is 3.26. The van der Waals surface area contributed by atoms with Crippen LogP contribution in [0.4, 0.5) is 17.1 Å². The molecule has 3 aromatic carbocycles. The van der Waals surface area contributed by atoms with Gasteiger partial charge in [0.1, 0.15) is 0 Å². The summed E-state index contributed by atoms with van der Waals surface area (Å²) in [4.78, 5) is 12.1. The molecule has 2 N–H and O–H groups in total. The van der Waals surface area contributed by atoms with Crippen LogP contribution in [0.1, 0.15) is 5.56 Å². The van der Waals surface area contributed by atoms with Crippen molar-refractivity contribution in [2.45, 2.75) is 0 Å². The lowest BCUT2D eigenvalue weighted by atomic mass is 10.2. The number of para-hydroxylation sites is 1. The first-order valence-corrected chi connectivity index (χ1v) is 8.72. The second-order valence-corrected chi connectivity index (χ2v) is 6.34. The zero-order chi connectivity index (χ0) is 18.4. The Morgan fingerprint density at radius 3 is 1.96 bits per heavy atom. The van der Waals surface area contributed by atoms with Gasteiger partial charge in [0.25, 0.3) is 0 Å². The first kappa shape index (κ1) is 18.1. The van der Waals surface area contributed by atoms with Gasteiger partial charge in [-0.3, -0.25) is 4.79 Å². The Labute approximate surface area is 162 Å². The van der Waals surface area contributed by atoms with Gasteiger partial charge in [-0.25, -0.2) is 0 Å². The fourth-order valence-electron chi connectivity index (χ4n) is 2.34. The number of anilines is 3. The Morgan fingerprint density at radius 2 is 1.31 bits per heavy atom. The average molecular weight is 383 g/mol. The Bertz CT molecular complexity index is 902. The number of carbonyl (C=O) groups excluding carboxylic acids is 1. The molecule has 3 rings (SSSR count). The Balaban J connectivity index is 1.62. The first-order chi connectivity index (χ1) is 12.6. The van der Waals surface area contributed by atoms with E-state index in [1.807, 2.05) is 54.6 Å². The smallest absolute Gasteiger partial charge is 0.248 e. The monoisotopic (exact) mass is 382 g/mol. The van der Waals surface area contributed by atoms with Crippen molar-refractivity contribution in [2.24, 2.45) is 0 Å². The molecule has 130 valence electrons. The maximum atomic E-state index is 12.1. The Kier molecular flexibility index (Phi) is 5.95. The molecule has 0 spiro atoms. The molecular weight excluding hydrogens is 367 g/mol. The van der Waals surface area contributed by atoms with E-state index in [1.165, 1.54) is 6.08 Å². The molecule has 0 atom stereocenters. The maximum absolute atomic E-state index is 12.1. The van der Waals surface area contributed by atoms with Crippen LogP contribution in [0.3, 0.4) is 0 Å². The predicted molar refractivity (Wildman–Crippen MR) is 110 cm³/mol. The molecular formula is C21H16Cl2N2O. The van der Waals surface area contributed by atoms with Crippen LogP contribution < -0.4 is 10.6 Å². The third kappa shape index (κ3) is 4.88. The summed E-state index contributed by atoms with van der Waals surface area (Å²) in [6, 6.07) is 22.5. The first-order valence-electron chi connectivity index (χ1n) is 7.97. The zero-order valence-electron chi connectivity index (χ0n) is 13.7. The molecule has 0 bridgehead atoms. The van der Waals surface area contributed by atoms with Crippen molar-refractivity contribution >= 4 is 52.2 Å². The van der Waals surface area contributed by atoms with E-state index in [0.717, 1.165) is 11.4 Å². The van der Waals surface area contributed by atoms with E-state index in [0.29, 0.717) is 21.3 Å². The number of halogens is 2. The summed E-state index contributed by atoms with van der Waals surface area (Å²) in [5, 5.41) is 7.09. The molecule has 0 aromatic heterocycles. The number of benzene rings is 3. The van der Waals surface area contributed by atoms with Crippen molar-refractivity contribution in [1.29, 1.82) is 0 Å². The Hall–Kier alpha value is -2.75. The van der Waals surface area contributed by atoms with Crippen molar-refractivity contribution in [3.8, 4) is 0 Å². The quantitative estimate of drug-likeness (QED) is 0.502. The van der Waals surface area contributed by atoms with Crippen LogP contribution in [-0.4, -0.2) is 5.91 Å². The van der Waals surface area contributed by atoms with Gasteiger partial charge in [0.2, 0.25) is 5.91 Å². The lowest BCUT2D eigenvalue weighted by Gasteiger charge is -2.08. The highest BCUT2D eigenvalue weighted by Gasteiger charge is 2.03. The number of amides is 1. The van der Waals surface area contributed by atoms with Crippen LogP contribution in [0.25, 0.3) is 6.08 Å². The molecule has 1 amide bonds. The molecule has 0 fully saturated rings. The van der Waals surface area contributed by atoms with E-state index in [2.05, 4.69) is 10.6 Å². The lowest BCUT2D eigenvalue weighted by Crippen LogP contribution is -2.07. The minimum absolute atomic E-state index is 0.259. The van der Waals surface area contributed by atoms with Crippen LogP contribution in [0, 0.1) is 0 Å². The van der Waals surface area contributed by atoms with Gasteiger partial charge in [-0.15, -0.1) is 0 Å². The van der Waals surface area contributed by atoms with Crippen LogP contribution in [0.15, 0.2) is 78.9 Å². The highest BCUT2D eigenvalue weighted by Crippen LogP contribution is 2.25. The highest BCUT2D eigenvalue weighted by atomic mass is 35.5. The van der Waals surface area contributed by atoms with Crippen molar-refractivity contribution < 1.29 is 4.79 Å². The summed E-state index contributed by atoms with van der Waals surface area (Å²) < 4.78 is 0. The fraction of sp³-hybridized carbons (Fsp3) is 0. The highest BCUT2D eigenvalue weighted by molar-refractivity contribution is 6.37. The van der Waals surface area contributed by atoms with Crippen molar-refractivity contribution in [3.05, 3.63) is 94.5 Å². The number of hydrogen-bond acceptors (Lipinski definition) is 2. The molecule has 26 heavy (non-hydrogen) atoms. The molecule has 3 nitrogen and oxygen atoms in total. The van der Waals surface area contributed by atoms with Gasteiger partial charge in [0.05, 0.1) is 0 Å². The van der Waals surface area contributed by atoms with Gasteiger partial charge in [0.15, 0.2) is 0 Å². The number of rotatable bonds is 5. The summed E-state index contributed by atoms with van der Waals surface area (Å²) in [5.74, 6) is -0.259. The largest absolute Gasteiger partial charge is 0.356 e. The molecule has 0 heterocycles. The summed E-state index contributed by atoms with van der Waals surface area (Å²) in [7, 11) is 0. The van der Waals surface area contributed by atoms with Gasteiger partial charge in [-0.05, 0) is 54.6 Å². The minimum atomic E-state index is -0.259. The standard InChI is InChI=1S/C21H16Cl2N2O/c22-19-7-4-8-20(23)18(19)13-14-21(26)25-17-11-9-16(10-12-17)24-15-5-2-1-3-6-15/h1-14,24H,(H,25,26). The second kappa shape index (κ2) is 8.56. The molecule has 0 aliphatic rings. The molecule has 0 saturated heterocycles. The molecule has 0 radical (unpaired) electrons. The van der Waals surface area contributed by atoms with Crippen LogP contribution in [0.5, 0.6) is 0 Å². The SMILES string of the molecule is O=C(C=Cc1c(Cl)cccc1Cl)Nc1ccc(Nc2ccccc2)cc1. The summed E-state index contributed by atoms with van der Waals surface area (Å²) in [6.07, 6.45) is 3.01. The van der Waals surface area contributed by atoms with E-state index < -0.39 is 0 Å². The summed E-state index contributed by atoms with van der Waals surface area (Å²) >= 11 is 12.2. The van der Waals surface area contributed by atoms with E-state index in [1.54, 1.807) is 24.3 Å². The van der Waals surface area contributed by atoms with E-state index in [4.69, 9.17) is 23.2 Å². The lowest BCUT2D eigenvalue weighted by molar-refractivity contribution is -0.111. The fourth-order valence-corrected chi connectivity index (χ4v) is 2.86. The molecule has 5 heteroatoms. The second-order valence-electron chi connectivity index (χ2n) is 5.53. The van der Waals surface area contributed by atoms with Gasteiger partial charge in [0, 0.05) is 38.7 Å². The molecule has 0 saturated carbocycles. The minimum Gasteiger partial charge on any atom is -0.356 e.